The lowest BCUT2D eigenvalue weighted by Gasteiger charge is -2.12. The summed E-state index contributed by atoms with van der Waals surface area (Å²) in [6.07, 6.45) is -1.09. The number of rotatable bonds is 7. The summed E-state index contributed by atoms with van der Waals surface area (Å²) < 4.78 is 9.82. The quantitative estimate of drug-likeness (QED) is 0.555. The first-order chi connectivity index (χ1) is 13.3. The number of ketones is 1. The zero-order valence-electron chi connectivity index (χ0n) is 16.1. The van der Waals surface area contributed by atoms with E-state index in [0.29, 0.717) is 16.8 Å². The molecule has 0 bridgehead atoms. The van der Waals surface area contributed by atoms with Crippen LogP contribution in [0.5, 0.6) is 0 Å². The first-order valence-electron chi connectivity index (χ1n) is 8.60. The van der Waals surface area contributed by atoms with Crippen LogP contribution in [0.25, 0.3) is 0 Å². The molecule has 1 aromatic carbocycles. The number of H-pyrrole nitrogens is 1. The molecule has 28 heavy (non-hydrogen) atoms. The molecular weight excluding hydrogens is 364 g/mol. The Balaban J connectivity index is 1.98. The molecule has 1 heterocycles. The van der Waals surface area contributed by atoms with Crippen molar-refractivity contribution in [2.45, 2.75) is 26.9 Å². The lowest BCUT2D eigenvalue weighted by Crippen LogP contribution is -2.34. The van der Waals surface area contributed by atoms with Gasteiger partial charge in [0.15, 0.2) is 6.10 Å². The van der Waals surface area contributed by atoms with Crippen LogP contribution in [0.15, 0.2) is 30.3 Å². The number of hydrogen-bond donors (Lipinski definition) is 2. The molecule has 0 fully saturated rings. The predicted molar refractivity (Wildman–Crippen MR) is 100 cm³/mol. The third kappa shape index (κ3) is 4.64. The molecule has 2 N–H and O–H groups in total. The van der Waals surface area contributed by atoms with Crippen molar-refractivity contribution in [2.24, 2.45) is 0 Å². The summed E-state index contributed by atoms with van der Waals surface area (Å²) in [4.78, 5) is 51.2. The van der Waals surface area contributed by atoms with Gasteiger partial charge in [0.2, 0.25) is 5.78 Å². The second kappa shape index (κ2) is 8.98. The van der Waals surface area contributed by atoms with E-state index in [1.807, 2.05) is 0 Å². The Labute approximate surface area is 162 Å². The van der Waals surface area contributed by atoms with Gasteiger partial charge in [0.25, 0.3) is 5.91 Å². The summed E-state index contributed by atoms with van der Waals surface area (Å²) in [6.45, 7) is 4.30. The van der Waals surface area contributed by atoms with E-state index in [-0.39, 0.29) is 17.8 Å². The minimum atomic E-state index is -1.09. The van der Waals surface area contributed by atoms with Gasteiger partial charge in [-0.1, -0.05) is 18.2 Å². The molecular formula is C20H22N2O6. The molecule has 0 radical (unpaired) electrons. The van der Waals surface area contributed by atoms with Crippen LogP contribution in [0.3, 0.4) is 0 Å². The van der Waals surface area contributed by atoms with Gasteiger partial charge in [-0.3, -0.25) is 14.4 Å². The second-order valence-electron chi connectivity index (χ2n) is 6.16. The van der Waals surface area contributed by atoms with Gasteiger partial charge in [-0.2, -0.15) is 0 Å². The van der Waals surface area contributed by atoms with Gasteiger partial charge in [-0.25, -0.2) is 4.79 Å². The molecule has 8 nitrogen and oxygen atoms in total. The zero-order chi connectivity index (χ0) is 20.8. The Bertz CT molecular complexity index is 901. The van der Waals surface area contributed by atoms with E-state index in [1.165, 1.54) is 14.0 Å². The Hall–Kier alpha value is -3.42. The number of carbonyl (C=O) groups excluding carboxylic acids is 4. The van der Waals surface area contributed by atoms with Crippen molar-refractivity contribution < 1.29 is 28.7 Å². The normalized spacial score (nSPS) is 11.4. The van der Waals surface area contributed by atoms with Crippen LogP contribution in [0.4, 0.5) is 0 Å². The maximum atomic E-state index is 12.6. The van der Waals surface area contributed by atoms with Gasteiger partial charge in [-0.15, -0.1) is 0 Å². The molecule has 1 atom stereocenters. The number of aromatic amines is 1. The SMILES string of the molecule is COC(=O)c1c(C)[nH]c(C(=O)[C@@H](C)OC(=O)CNC(=O)c2ccccc2)c1C. The summed E-state index contributed by atoms with van der Waals surface area (Å²) >= 11 is 0. The van der Waals surface area contributed by atoms with Crippen molar-refractivity contribution in [1.82, 2.24) is 10.3 Å². The van der Waals surface area contributed by atoms with E-state index in [9.17, 15) is 19.2 Å². The Morgan fingerprint density at radius 2 is 1.75 bits per heavy atom. The molecule has 0 spiro atoms. The van der Waals surface area contributed by atoms with Gasteiger partial charge >= 0.3 is 11.9 Å². The fourth-order valence-electron chi connectivity index (χ4n) is 2.74. The minimum Gasteiger partial charge on any atom is -0.465 e. The van der Waals surface area contributed by atoms with Gasteiger partial charge in [0.05, 0.1) is 18.4 Å². The molecule has 8 heteroatoms. The maximum absolute atomic E-state index is 12.6. The van der Waals surface area contributed by atoms with Crippen molar-refractivity contribution in [2.75, 3.05) is 13.7 Å². The summed E-state index contributed by atoms with van der Waals surface area (Å²) in [6, 6.07) is 8.41. The van der Waals surface area contributed by atoms with E-state index < -0.39 is 29.7 Å². The number of methoxy groups -OCH3 is 1. The maximum Gasteiger partial charge on any atom is 0.339 e. The Kier molecular flexibility index (Phi) is 6.70. The van der Waals surface area contributed by atoms with Crippen molar-refractivity contribution in [3.05, 3.63) is 58.4 Å². The first-order valence-corrected chi connectivity index (χ1v) is 8.60. The molecule has 0 aliphatic heterocycles. The molecule has 2 rings (SSSR count). The van der Waals surface area contributed by atoms with Crippen LogP contribution >= 0.6 is 0 Å². The number of esters is 2. The summed E-state index contributed by atoms with van der Waals surface area (Å²) in [5.41, 5.74) is 1.77. The number of hydrogen-bond acceptors (Lipinski definition) is 6. The monoisotopic (exact) mass is 386 g/mol. The van der Waals surface area contributed by atoms with Crippen molar-refractivity contribution in [3.63, 3.8) is 0 Å². The summed E-state index contributed by atoms with van der Waals surface area (Å²) in [7, 11) is 1.25. The molecule has 0 saturated carbocycles. The highest BCUT2D eigenvalue weighted by Gasteiger charge is 2.27. The van der Waals surface area contributed by atoms with Crippen molar-refractivity contribution in [3.8, 4) is 0 Å². The number of nitrogens with one attached hydrogen (secondary N) is 2. The van der Waals surface area contributed by atoms with Crippen LogP contribution in [0.1, 0.15) is 49.4 Å². The minimum absolute atomic E-state index is 0.173. The highest BCUT2D eigenvalue weighted by atomic mass is 16.5. The number of Topliss-reactive ketones (excluding diaryl/α,β-unsaturated/α-hetero) is 1. The molecule has 1 aromatic heterocycles. The van der Waals surface area contributed by atoms with E-state index in [2.05, 4.69) is 10.3 Å². The summed E-state index contributed by atoms with van der Waals surface area (Å²) in [5, 5.41) is 2.44. The number of ether oxygens (including phenoxy) is 2. The van der Waals surface area contributed by atoms with Gasteiger partial charge < -0.3 is 19.8 Å². The highest BCUT2D eigenvalue weighted by Crippen LogP contribution is 2.20. The predicted octanol–water partition coefficient (Wildman–Crippen LogP) is 1.96. The van der Waals surface area contributed by atoms with E-state index in [4.69, 9.17) is 9.47 Å². The third-order valence-electron chi connectivity index (χ3n) is 4.18. The van der Waals surface area contributed by atoms with Crippen LogP contribution in [-0.4, -0.2) is 48.4 Å². The van der Waals surface area contributed by atoms with E-state index in [0.717, 1.165) is 0 Å². The largest absolute Gasteiger partial charge is 0.465 e. The Morgan fingerprint density at radius 1 is 1.11 bits per heavy atom. The fourth-order valence-corrected chi connectivity index (χ4v) is 2.74. The van der Waals surface area contributed by atoms with Crippen LogP contribution in [0.2, 0.25) is 0 Å². The summed E-state index contributed by atoms with van der Waals surface area (Å²) in [5.74, 6) is -2.22. The smallest absolute Gasteiger partial charge is 0.339 e. The topological polar surface area (TPSA) is 115 Å². The molecule has 0 aliphatic carbocycles. The molecule has 1 amide bonds. The van der Waals surface area contributed by atoms with Crippen LogP contribution in [0, 0.1) is 13.8 Å². The van der Waals surface area contributed by atoms with Crippen LogP contribution < -0.4 is 5.32 Å². The number of benzene rings is 1. The molecule has 0 aliphatic rings. The van der Waals surface area contributed by atoms with Crippen molar-refractivity contribution >= 4 is 23.6 Å². The van der Waals surface area contributed by atoms with Gasteiger partial charge in [0, 0.05) is 11.3 Å². The lowest BCUT2D eigenvalue weighted by atomic mass is 10.1. The average Bonchev–Trinajstić information content (AvgIpc) is 2.99. The van der Waals surface area contributed by atoms with Crippen molar-refractivity contribution in [1.29, 1.82) is 0 Å². The first kappa shape index (κ1) is 20.9. The Morgan fingerprint density at radius 3 is 2.36 bits per heavy atom. The zero-order valence-corrected chi connectivity index (χ0v) is 16.1. The average molecular weight is 386 g/mol. The molecule has 0 unspecified atom stereocenters. The highest BCUT2D eigenvalue weighted by molar-refractivity contribution is 6.04. The van der Waals surface area contributed by atoms with E-state index in [1.54, 1.807) is 44.2 Å². The van der Waals surface area contributed by atoms with Gasteiger partial charge in [0.1, 0.15) is 6.54 Å². The number of carbonyl (C=O) groups is 4. The van der Waals surface area contributed by atoms with Gasteiger partial charge in [-0.05, 0) is 38.5 Å². The number of amides is 1. The fraction of sp³-hybridized carbons (Fsp3) is 0.300. The molecule has 148 valence electrons. The van der Waals surface area contributed by atoms with Crippen LogP contribution in [-0.2, 0) is 14.3 Å². The molecule has 0 saturated heterocycles. The number of aromatic nitrogens is 1. The third-order valence-corrected chi connectivity index (χ3v) is 4.18. The molecule has 2 aromatic rings. The lowest BCUT2D eigenvalue weighted by molar-refractivity contribution is -0.145. The number of aryl methyl sites for hydroxylation is 1. The standard InChI is InChI=1S/C20H22N2O6/c1-11-16(20(26)27-4)12(2)22-17(11)18(24)13(3)28-15(23)10-21-19(25)14-8-6-5-7-9-14/h5-9,13,22H,10H2,1-4H3,(H,21,25)/t13-/m1/s1. The van der Waals surface area contributed by atoms with E-state index >= 15 is 0 Å². The second-order valence-corrected chi connectivity index (χ2v) is 6.16.